The van der Waals surface area contributed by atoms with Crippen LogP contribution in [0.5, 0.6) is 0 Å². The number of nitrogens with zero attached hydrogens (tertiary/aromatic N) is 1. The van der Waals surface area contributed by atoms with E-state index in [9.17, 15) is 14.4 Å². The fourth-order valence-electron chi connectivity index (χ4n) is 4.97. The van der Waals surface area contributed by atoms with Crippen molar-refractivity contribution in [3.8, 4) is 0 Å². The number of amides is 3. The number of nitrogens with one attached hydrogen (secondary N) is 3. The average molecular weight is 413 g/mol. The van der Waals surface area contributed by atoms with Crippen molar-refractivity contribution in [3.05, 3.63) is 29.8 Å². The van der Waals surface area contributed by atoms with Gasteiger partial charge in [-0.05, 0) is 44.2 Å². The van der Waals surface area contributed by atoms with Crippen LogP contribution in [-0.2, 0) is 9.59 Å². The molecule has 162 valence electrons. The Bertz CT molecular complexity index is 820. The van der Waals surface area contributed by atoms with Crippen LogP contribution in [0.1, 0.15) is 68.6 Å². The highest BCUT2D eigenvalue weighted by Gasteiger charge is 2.41. The average Bonchev–Trinajstić information content (AvgIpc) is 2.91. The van der Waals surface area contributed by atoms with Crippen LogP contribution in [0, 0.1) is 5.92 Å². The van der Waals surface area contributed by atoms with Crippen LogP contribution in [-0.4, -0.2) is 47.4 Å². The molecule has 0 aromatic heterocycles. The number of likely N-dealkylation sites (tertiary alicyclic amines) is 1. The molecule has 7 heteroatoms. The van der Waals surface area contributed by atoms with E-state index in [1.54, 1.807) is 17.9 Å². The highest BCUT2D eigenvalue weighted by molar-refractivity contribution is 6.02. The maximum absolute atomic E-state index is 12.8. The maximum atomic E-state index is 12.8. The van der Waals surface area contributed by atoms with Gasteiger partial charge in [-0.1, -0.05) is 31.4 Å². The molecule has 1 saturated carbocycles. The summed E-state index contributed by atoms with van der Waals surface area (Å²) in [6.07, 6.45) is 7.46. The van der Waals surface area contributed by atoms with Crippen molar-refractivity contribution in [2.75, 3.05) is 18.4 Å². The number of rotatable bonds is 4. The predicted octanol–water partition coefficient (Wildman–Crippen LogP) is 2.64. The highest BCUT2D eigenvalue weighted by Crippen LogP contribution is 2.32. The van der Waals surface area contributed by atoms with Crippen molar-refractivity contribution >= 4 is 23.4 Å². The molecule has 1 spiro atoms. The minimum Gasteiger partial charge on any atom is -0.362 e. The van der Waals surface area contributed by atoms with Crippen molar-refractivity contribution in [2.24, 2.45) is 5.92 Å². The van der Waals surface area contributed by atoms with E-state index < -0.39 is 11.7 Å². The number of carbonyl (C=O) groups is 3. The highest BCUT2D eigenvalue weighted by atomic mass is 16.2. The molecule has 3 amide bonds. The number of para-hydroxylation sites is 1. The lowest BCUT2D eigenvalue weighted by Gasteiger charge is -2.40. The lowest BCUT2D eigenvalue weighted by Crippen LogP contribution is -2.58. The molecular weight excluding hydrogens is 380 g/mol. The Balaban J connectivity index is 1.39. The third-order valence-electron chi connectivity index (χ3n) is 6.90. The zero-order valence-corrected chi connectivity index (χ0v) is 17.7. The number of carbonyl (C=O) groups excluding carboxylic acids is 3. The van der Waals surface area contributed by atoms with E-state index in [4.69, 9.17) is 0 Å². The fraction of sp³-hybridized carbons (Fsp3) is 0.609. The molecule has 1 saturated heterocycles. The Labute approximate surface area is 178 Å². The van der Waals surface area contributed by atoms with Gasteiger partial charge in [0.05, 0.1) is 5.56 Å². The van der Waals surface area contributed by atoms with Crippen molar-refractivity contribution in [3.63, 3.8) is 0 Å². The monoisotopic (exact) mass is 412 g/mol. The molecule has 1 aromatic rings. The zero-order chi connectivity index (χ0) is 21.1. The van der Waals surface area contributed by atoms with Gasteiger partial charge in [-0.25, -0.2) is 0 Å². The molecule has 1 aromatic carbocycles. The van der Waals surface area contributed by atoms with Crippen LogP contribution >= 0.6 is 0 Å². The largest absolute Gasteiger partial charge is 0.362 e. The summed E-state index contributed by atoms with van der Waals surface area (Å²) < 4.78 is 0. The quantitative estimate of drug-likeness (QED) is 0.709. The molecule has 7 nitrogen and oxygen atoms in total. The first kappa shape index (κ1) is 20.7. The molecule has 3 N–H and O–H groups in total. The molecule has 4 rings (SSSR count). The van der Waals surface area contributed by atoms with Crippen LogP contribution < -0.4 is 16.0 Å². The van der Waals surface area contributed by atoms with Gasteiger partial charge in [0, 0.05) is 31.6 Å². The van der Waals surface area contributed by atoms with E-state index >= 15 is 0 Å². The van der Waals surface area contributed by atoms with Crippen LogP contribution in [0.4, 0.5) is 5.69 Å². The summed E-state index contributed by atoms with van der Waals surface area (Å²) in [7, 11) is 0. The molecule has 0 unspecified atom stereocenters. The topological polar surface area (TPSA) is 90.5 Å². The zero-order valence-electron chi connectivity index (χ0n) is 17.7. The second-order valence-corrected chi connectivity index (χ2v) is 8.97. The van der Waals surface area contributed by atoms with E-state index in [0.29, 0.717) is 37.4 Å². The van der Waals surface area contributed by atoms with E-state index in [1.807, 2.05) is 18.2 Å². The Morgan fingerprint density at radius 1 is 1.17 bits per heavy atom. The van der Waals surface area contributed by atoms with Gasteiger partial charge in [0.1, 0.15) is 11.7 Å². The van der Waals surface area contributed by atoms with E-state index in [1.165, 1.54) is 32.1 Å². The SMILES string of the molecule is C[C@@H](C(=O)NCC1CCCCC1)N1CC[C@]2(CCC1=O)NC(=O)c1ccccc1N2. The molecule has 3 aliphatic rings. The second-order valence-electron chi connectivity index (χ2n) is 8.97. The Kier molecular flexibility index (Phi) is 5.97. The first-order chi connectivity index (χ1) is 14.5. The normalized spacial score (nSPS) is 25.7. The van der Waals surface area contributed by atoms with Crippen molar-refractivity contribution < 1.29 is 14.4 Å². The minimum absolute atomic E-state index is 0.0397. The van der Waals surface area contributed by atoms with E-state index in [0.717, 1.165) is 5.69 Å². The predicted molar refractivity (Wildman–Crippen MR) is 115 cm³/mol. The van der Waals surface area contributed by atoms with Gasteiger partial charge in [0.15, 0.2) is 0 Å². The van der Waals surface area contributed by atoms with Crippen LogP contribution in [0.2, 0.25) is 0 Å². The van der Waals surface area contributed by atoms with Gasteiger partial charge in [-0.3, -0.25) is 14.4 Å². The summed E-state index contributed by atoms with van der Waals surface area (Å²) in [5.74, 6) is 0.307. The first-order valence-corrected chi connectivity index (χ1v) is 11.2. The maximum Gasteiger partial charge on any atom is 0.255 e. The Morgan fingerprint density at radius 3 is 2.73 bits per heavy atom. The molecule has 2 fully saturated rings. The molecule has 2 atom stereocenters. The molecule has 1 aliphatic carbocycles. The summed E-state index contributed by atoms with van der Waals surface area (Å²) in [6, 6.07) is 6.90. The molecular formula is C23H32N4O3. The molecule has 30 heavy (non-hydrogen) atoms. The number of fused-ring (bicyclic) bond motifs is 1. The summed E-state index contributed by atoms with van der Waals surface area (Å²) in [5.41, 5.74) is 0.750. The van der Waals surface area contributed by atoms with Gasteiger partial charge in [-0.15, -0.1) is 0 Å². The summed E-state index contributed by atoms with van der Waals surface area (Å²) >= 11 is 0. The van der Waals surface area contributed by atoms with Gasteiger partial charge in [0.25, 0.3) is 5.91 Å². The number of anilines is 1. The number of hydrogen-bond donors (Lipinski definition) is 3. The van der Waals surface area contributed by atoms with Crippen LogP contribution in [0.15, 0.2) is 24.3 Å². The number of hydrogen-bond acceptors (Lipinski definition) is 4. The van der Waals surface area contributed by atoms with Crippen molar-refractivity contribution in [2.45, 2.75) is 70.0 Å². The van der Waals surface area contributed by atoms with Gasteiger partial charge < -0.3 is 20.9 Å². The molecule has 0 radical (unpaired) electrons. The van der Waals surface area contributed by atoms with Crippen LogP contribution in [0.3, 0.4) is 0 Å². The number of benzene rings is 1. The van der Waals surface area contributed by atoms with Crippen molar-refractivity contribution in [1.82, 2.24) is 15.5 Å². The molecule has 0 bridgehead atoms. The summed E-state index contributed by atoms with van der Waals surface area (Å²) in [5, 5.41) is 9.59. The summed E-state index contributed by atoms with van der Waals surface area (Å²) in [4.78, 5) is 39.8. The van der Waals surface area contributed by atoms with Crippen molar-refractivity contribution in [1.29, 1.82) is 0 Å². The minimum atomic E-state index is -0.659. The lowest BCUT2D eigenvalue weighted by atomic mass is 9.89. The summed E-state index contributed by atoms with van der Waals surface area (Å²) in [6.45, 7) is 2.92. The van der Waals surface area contributed by atoms with Gasteiger partial charge in [0.2, 0.25) is 11.8 Å². The Morgan fingerprint density at radius 2 is 1.93 bits per heavy atom. The van der Waals surface area contributed by atoms with Gasteiger partial charge in [-0.2, -0.15) is 0 Å². The molecule has 2 aliphatic heterocycles. The Hall–Kier alpha value is -2.57. The standard InChI is InChI=1S/C23H32N4O3/c1-16(21(29)24-15-17-7-3-2-4-8-17)27-14-13-23(12-11-20(27)28)25-19-10-6-5-9-18(19)22(30)26-23/h5-6,9-10,16-17,25H,2-4,7-8,11-15H2,1H3,(H,24,29)(H,26,30)/t16-,23-/m0/s1. The van der Waals surface area contributed by atoms with E-state index in [2.05, 4.69) is 16.0 Å². The molecule has 2 heterocycles. The van der Waals surface area contributed by atoms with E-state index in [-0.39, 0.29) is 24.1 Å². The second kappa shape index (κ2) is 8.66. The fourth-order valence-corrected chi connectivity index (χ4v) is 4.97. The third kappa shape index (κ3) is 4.30. The first-order valence-electron chi connectivity index (χ1n) is 11.2. The third-order valence-corrected chi connectivity index (χ3v) is 6.90. The smallest absolute Gasteiger partial charge is 0.255 e. The lowest BCUT2D eigenvalue weighted by molar-refractivity contribution is -0.139. The van der Waals surface area contributed by atoms with Gasteiger partial charge >= 0.3 is 0 Å². The van der Waals surface area contributed by atoms with Crippen LogP contribution in [0.25, 0.3) is 0 Å².